The molecular weight excluding hydrogens is 226 g/mol. The predicted molar refractivity (Wildman–Crippen MR) is 77.1 cm³/mol. The van der Waals surface area contributed by atoms with E-state index in [-0.39, 0.29) is 0 Å². The van der Waals surface area contributed by atoms with Crippen LogP contribution in [0.1, 0.15) is 26.7 Å². The highest BCUT2D eigenvalue weighted by Crippen LogP contribution is 1.99. The summed E-state index contributed by atoms with van der Waals surface area (Å²) >= 11 is 0. The van der Waals surface area contributed by atoms with Gasteiger partial charge in [-0.25, -0.2) is 0 Å². The Bertz CT molecular complexity index is 191. The van der Waals surface area contributed by atoms with Gasteiger partial charge in [0.2, 0.25) is 0 Å². The van der Waals surface area contributed by atoms with Crippen molar-refractivity contribution in [1.29, 1.82) is 0 Å². The Morgan fingerprint density at radius 2 is 1.72 bits per heavy atom. The van der Waals surface area contributed by atoms with Crippen molar-refractivity contribution in [3.05, 3.63) is 0 Å². The molecule has 1 N–H and O–H groups in total. The fraction of sp³-hybridized carbons (Fsp3) is 1.00. The van der Waals surface area contributed by atoms with E-state index in [2.05, 4.69) is 36.0 Å². The van der Waals surface area contributed by atoms with Gasteiger partial charge < -0.3 is 19.9 Å². The summed E-state index contributed by atoms with van der Waals surface area (Å²) in [5.74, 6) is 0. The minimum atomic E-state index is 0.363. The normalized spacial score (nSPS) is 18.7. The second kappa shape index (κ2) is 9.73. The first-order valence-electron chi connectivity index (χ1n) is 7.41. The van der Waals surface area contributed by atoms with Gasteiger partial charge in [0, 0.05) is 32.8 Å². The molecule has 1 heterocycles. The molecule has 1 fully saturated rings. The number of nitrogens with one attached hydrogen (secondary N) is 1. The second-order valence-electron chi connectivity index (χ2n) is 5.52. The van der Waals surface area contributed by atoms with E-state index < -0.39 is 0 Å². The van der Waals surface area contributed by atoms with Crippen LogP contribution in [-0.4, -0.2) is 75.4 Å². The molecule has 0 radical (unpaired) electrons. The lowest BCUT2D eigenvalue weighted by Crippen LogP contribution is -2.45. The highest BCUT2D eigenvalue weighted by atomic mass is 16.5. The Hall–Kier alpha value is -0.160. The lowest BCUT2D eigenvalue weighted by atomic mass is 10.3. The summed E-state index contributed by atoms with van der Waals surface area (Å²) in [5, 5.41) is 3.49. The molecule has 4 heteroatoms. The minimum absolute atomic E-state index is 0.363. The van der Waals surface area contributed by atoms with Gasteiger partial charge >= 0.3 is 0 Å². The van der Waals surface area contributed by atoms with Crippen molar-refractivity contribution in [3.8, 4) is 0 Å². The van der Waals surface area contributed by atoms with E-state index in [0.29, 0.717) is 6.10 Å². The van der Waals surface area contributed by atoms with Crippen molar-refractivity contribution in [2.24, 2.45) is 0 Å². The van der Waals surface area contributed by atoms with Crippen molar-refractivity contribution in [3.63, 3.8) is 0 Å². The first-order chi connectivity index (χ1) is 8.68. The lowest BCUT2D eigenvalue weighted by Gasteiger charge is -2.32. The van der Waals surface area contributed by atoms with E-state index in [4.69, 9.17) is 4.74 Å². The van der Waals surface area contributed by atoms with Gasteiger partial charge in [-0.05, 0) is 53.4 Å². The number of hydrogen-bond acceptors (Lipinski definition) is 4. The number of rotatable bonds is 9. The molecule has 1 saturated heterocycles. The van der Waals surface area contributed by atoms with Crippen molar-refractivity contribution >= 4 is 0 Å². The van der Waals surface area contributed by atoms with Gasteiger partial charge in [0.05, 0.1) is 6.10 Å². The maximum Gasteiger partial charge on any atom is 0.0518 e. The molecule has 0 aliphatic carbocycles. The summed E-state index contributed by atoms with van der Waals surface area (Å²) in [6.07, 6.45) is 2.74. The van der Waals surface area contributed by atoms with Gasteiger partial charge in [0.1, 0.15) is 0 Å². The molecule has 18 heavy (non-hydrogen) atoms. The SMILES string of the molecule is CC(C)OCCCNCCCN1CCN(C)CC1. The average molecular weight is 257 g/mol. The van der Waals surface area contributed by atoms with Gasteiger partial charge in [-0.15, -0.1) is 0 Å². The summed E-state index contributed by atoms with van der Waals surface area (Å²) in [6, 6.07) is 0. The fourth-order valence-electron chi connectivity index (χ4n) is 2.14. The van der Waals surface area contributed by atoms with Crippen LogP contribution in [-0.2, 0) is 4.74 Å². The van der Waals surface area contributed by atoms with Crippen LogP contribution >= 0.6 is 0 Å². The molecule has 108 valence electrons. The second-order valence-corrected chi connectivity index (χ2v) is 5.52. The molecule has 1 aliphatic heterocycles. The third-order valence-corrected chi connectivity index (χ3v) is 3.37. The van der Waals surface area contributed by atoms with Crippen LogP contribution in [0.3, 0.4) is 0 Å². The van der Waals surface area contributed by atoms with E-state index in [9.17, 15) is 0 Å². The zero-order valence-corrected chi connectivity index (χ0v) is 12.5. The number of hydrogen-bond donors (Lipinski definition) is 1. The average Bonchev–Trinajstić information content (AvgIpc) is 2.34. The van der Waals surface area contributed by atoms with Crippen LogP contribution in [0.4, 0.5) is 0 Å². The largest absolute Gasteiger partial charge is 0.379 e. The van der Waals surface area contributed by atoms with Gasteiger partial charge in [0.25, 0.3) is 0 Å². The van der Waals surface area contributed by atoms with Crippen LogP contribution in [0.25, 0.3) is 0 Å². The number of ether oxygens (including phenoxy) is 1. The minimum Gasteiger partial charge on any atom is -0.379 e. The molecule has 0 amide bonds. The molecule has 4 nitrogen and oxygen atoms in total. The quantitative estimate of drug-likeness (QED) is 0.624. The molecule has 0 atom stereocenters. The number of likely N-dealkylation sites (N-methyl/N-ethyl adjacent to an activating group) is 1. The van der Waals surface area contributed by atoms with Crippen LogP contribution in [0.15, 0.2) is 0 Å². The molecule has 0 spiro atoms. The van der Waals surface area contributed by atoms with Crippen LogP contribution in [0.5, 0.6) is 0 Å². The van der Waals surface area contributed by atoms with Crippen molar-refractivity contribution in [1.82, 2.24) is 15.1 Å². The standard InChI is InChI=1S/C14H31N3O/c1-14(2)18-13-5-7-15-6-4-8-17-11-9-16(3)10-12-17/h14-15H,4-13H2,1-3H3. The third-order valence-electron chi connectivity index (χ3n) is 3.37. The Labute approximate surface area is 113 Å². The maximum absolute atomic E-state index is 5.50. The molecule has 1 aliphatic rings. The van der Waals surface area contributed by atoms with E-state index in [1.807, 2.05) is 0 Å². The van der Waals surface area contributed by atoms with Crippen molar-refractivity contribution in [2.45, 2.75) is 32.8 Å². The molecule has 0 aromatic carbocycles. The number of nitrogens with zero attached hydrogens (tertiary/aromatic N) is 2. The topological polar surface area (TPSA) is 27.7 Å². The van der Waals surface area contributed by atoms with Crippen LogP contribution < -0.4 is 5.32 Å². The molecule has 0 saturated carbocycles. The summed E-state index contributed by atoms with van der Waals surface area (Å²) < 4.78 is 5.50. The third kappa shape index (κ3) is 8.03. The monoisotopic (exact) mass is 257 g/mol. The van der Waals surface area contributed by atoms with E-state index in [1.165, 1.54) is 39.1 Å². The van der Waals surface area contributed by atoms with E-state index in [0.717, 1.165) is 26.1 Å². The summed E-state index contributed by atoms with van der Waals surface area (Å²) in [7, 11) is 2.21. The predicted octanol–water partition coefficient (Wildman–Crippen LogP) is 1.03. The Morgan fingerprint density at radius 3 is 2.39 bits per heavy atom. The smallest absolute Gasteiger partial charge is 0.0518 e. The summed E-state index contributed by atoms with van der Waals surface area (Å²) in [6.45, 7) is 13.4. The summed E-state index contributed by atoms with van der Waals surface area (Å²) in [4.78, 5) is 4.98. The van der Waals surface area contributed by atoms with E-state index in [1.54, 1.807) is 0 Å². The Kier molecular flexibility index (Phi) is 8.59. The molecule has 0 unspecified atom stereocenters. The maximum atomic E-state index is 5.50. The molecule has 0 bridgehead atoms. The highest BCUT2D eigenvalue weighted by molar-refractivity contribution is 4.69. The van der Waals surface area contributed by atoms with E-state index >= 15 is 0 Å². The Morgan fingerprint density at radius 1 is 1.06 bits per heavy atom. The van der Waals surface area contributed by atoms with Gasteiger partial charge in [-0.3, -0.25) is 0 Å². The van der Waals surface area contributed by atoms with Crippen molar-refractivity contribution in [2.75, 3.05) is 59.5 Å². The van der Waals surface area contributed by atoms with Gasteiger partial charge in [-0.2, -0.15) is 0 Å². The van der Waals surface area contributed by atoms with Crippen LogP contribution in [0.2, 0.25) is 0 Å². The highest BCUT2D eigenvalue weighted by Gasteiger charge is 2.12. The zero-order valence-electron chi connectivity index (χ0n) is 12.5. The zero-order chi connectivity index (χ0) is 13.2. The van der Waals surface area contributed by atoms with Gasteiger partial charge in [-0.1, -0.05) is 0 Å². The number of piperazine rings is 1. The molecule has 0 aromatic heterocycles. The van der Waals surface area contributed by atoms with Crippen LogP contribution in [0, 0.1) is 0 Å². The van der Waals surface area contributed by atoms with Crippen molar-refractivity contribution < 1.29 is 4.74 Å². The fourth-order valence-corrected chi connectivity index (χ4v) is 2.14. The first kappa shape index (κ1) is 15.9. The molecule has 1 rings (SSSR count). The molecule has 0 aromatic rings. The summed E-state index contributed by atoms with van der Waals surface area (Å²) in [5.41, 5.74) is 0. The Balaban J connectivity index is 1.81. The molecular formula is C14H31N3O. The first-order valence-corrected chi connectivity index (χ1v) is 7.41. The lowest BCUT2D eigenvalue weighted by molar-refractivity contribution is 0.0770. The van der Waals surface area contributed by atoms with Gasteiger partial charge in [0.15, 0.2) is 0 Å².